The Bertz CT molecular complexity index is 305. The second-order valence-corrected chi connectivity index (χ2v) is 5.82. The molecule has 2 rings (SSSR count). The summed E-state index contributed by atoms with van der Waals surface area (Å²) in [5.41, 5.74) is 3.15. The van der Waals surface area contributed by atoms with Crippen LogP contribution in [0.2, 0.25) is 0 Å². The van der Waals surface area contributed by atoms with Gasteiger partial charge in [-0.25, -0.2) is 4.98 Å². The molecule has 0 atom stereocenters. The molecule has 3 nitrogen and oxygen atoms in total. The van der Waals surface area contributed by atoms with Crippen molar-refractivity contribution in [1.29, 1.82) is 0 Å². The third-order valence-electron chi connectivity index (χ3n) is 3.75. The van der Waals surface area contributed by atoms with Crippen molar-refractivity contribution in [2.45, 2.75) is 39.2 Å². The summed E-state index contributed by atoms with van der Waals surface area (Å²) >= 11 is 1.69. The average Bonchev–Trinajstić information content (AvgIpc) is 2.76. The van der Waals surface area contributed by atoms with E-state index in [0.29, 0.717) is 0 Å². The SMILES string of the molecule is CCN(CCN1CCCCCC1)Cc1cscn1. The maximum Gasteiger partial charge on any atom is 0.0795 e. The minimum atomic E-state index is 1.01. The lowest BCUT2D eigenvalue weighted by Gasteiger charge is -2.25. The molecule has 0 spiro atoms. The highest BCUT2D eigenvalue weighted by atomic mass is 32.1. The van der Waals surface area contributed by atoms with Crippen LogP contribution < -0.4 is 0 Å². The van der Waals surface area contributed by atoms with Gasteiger partial charge in [-0.15, -0.1) is 11.3 Å². The zero-order chi connectivity index (χ0) is 12.6. The first-order valence-electron chi connectivity index (χ1n) is 7.20. The predicted octanol–water partition coefficient (Wildman–Crippen LogP) is 2.84. The minimum absolute atomic E-state index is 1.01. The molecule has 0 amide bonds. The van der Waals surface area contributed by atoms with Gasteiger partial charge >= 0.3 is 0 Å². The molecular formula is C14H25N3S. The van der Waals surface area contributed by atoms with Gasteiger partial charge in [-0.2, -0.15) is 0 Å². The number of hydrogen-bond donors (Lipinski definition) is 0. The van der Waals surface area contributed by atoms with Crippen LogP contribution in [0.15, 0.2) is 10.9 Å². The summed E-state index contributed by atoms with van der Waals surface area (Å²) < 4.78 is 0. The number of aromatic nitrogens is 1. The second kappa shape index (κ2) is 7.87. The first kappa shape index (κ1) is 14.0. The lowest BCUT2D eigenvalue weighted by molar-refractivity contribution is 0.207. The van der Waals surface area contributed by atoms with E-state index >= 15 is 0 Å². The Morgan fingerprint density at radius 1 is 1.28 bits per heavy atom. The van der Waals surface area contributed by atoms with Gasteiger partial charge in [0.2, 0.25) is 0 Å². The summed E-state index contributed by atoms with van der Waals surface area (Å²) in [5, 5.41) is 2.16. The van der Waals surface area contributed by atoms with Crippen molar-refractivity contribution in [2.75, 3.05) is 32.7 Å². The van der Waals surface area contributed by atoms with E-state index in [1.807, 2.05) is 5.51 Å². The predicted molar refractivity (Wildman–Crippen MR) is 78.0 cm³/mol. The highest BCUT2D eigenvalue weighted by molar-refractivity contribution is 7.07. The van der Waals surface area contributed by atoms with Crippen LogP contribution in [-0.4, -0.2) is 47.5 Å². The summed E-state index contributed by atoms with van der Waals surface area (Å²) in [5.74, 6) is 0. The smallest absolute Gasteiger partial charge is 0.0795 e. The molecule has 0 N–H and O–H groups in total. The van der Waals surface area contributed by atoms with E-state index in [1.54, 1.807) is 11.3 Å². The Balaban J connectivity index is 1.72. The minimum Gasteiger partial charge on any atom is -0.302 e. The molecule has 0 unspecified atom stereocenters. The van der Waals surface area contributed by atoms with Crippen LogP contribution in [-0.2, 0) is 6.54 Å². The largest absolute Gasteiger partial charge is 0.302 e. The molecule has 1 aromatic rings. The van der Waals surface area contributed by atoms with E-state index in [9.17, 15) is 0 Å². The van der Waals surface area contributed by atoms with Crippen molar-refractivity contribution in [3.63, 3.8) is 0 Å². The van der Waals surface area contributed by atoms with Gasteiger partial charge in [-0.3, -0.25) is 4.90 Å². The van der Waals surface area contributed by atoms with Crippen LogP contribution in [0.1, 0.15) is 38.3 Å². The molecule has 1 aromatic heterocycles. The molecule has 0 saturated carbocycles. The monoisotopic (exact) mass is 267 g/mol. The Kier molecular flexibility index (Phi) is 6.11. The van der Waals surface area contributed by atoms with E-state index in [4.69, 9.17) is 0 Å². The number of thiazole rings is 1. The van der Waals surface area contributed by atoms with Gasteiger partial charge in [0, 0.05) is 25.0 Å². The molecule has 1 saturated heterocycles. The van der Waals surface area contributed by atoms with Crippen LogP contribution in [0.3, 0.4) is 0 Å². The van der Waals surface area contributed by atoms with Crippen LogP contribution in [0.5, 0.6) is 0 Å². The number of likely N-dealkylation sites (tertiary alicyclic amines) is 1. The summed E-state index contributed by atoms with van der Waals surface area (Å²) in [6.45, 7) is 9.36. The molecule has 4 heteroatoms. The van der Waals surface area contributed by atoms with Gasteiger partial charge in [0.05, 0.1) is 11.2 Å². The molecule has 0 bridgehead atoms. The maximum atomic E-state index is 4.38. The first-order chi connectivity index (χ1) is 8.88. The van der Waals surface area contributed by atoms with E-state index in [0.717, 1.165) is 13.1 Å². The van der Waals surface area contributed by atoms with E-state index < -0.39 is 0 Å². The molecule has 1 fully saturated rings. The van der Waals surface area contributed by atoms with Gasteiger partial charge < -0.3 is 4.90 Å². The van der Waals surface area contributed by atoms with Gasteiger partial charge in [0.15, 0.2) is 0 Å². The molecule has 18 heavy (non-hydrogen) atoms. The van der Waals surface area contributed by atoms with Crippen LogP contribution in [0.25, 0.3) is 0 Å². The fraction of sp³-hybridized carbons (Fsp3) is 0.786. The van der Waals surface area contributed by atoms with E-state index in [-0.39, 0.29) is 0 Å². The summed E-state index contributed by atoms with van der Waals surface area (Å²) in [6, 6.07) is 0. The number of nitrogens with zero attached hydrogens (tertiary/aromatic N) is 3. The molecule has 0 radical (unpaired) electrons. The van der Waals surface area contributed by atoms with Crippen molar-refractivity contribution in [3.05, 3.63) is 16.6 Å². The van der Waals surface area contributed by atoms with Crippen molar-refractivity contribution in [2.24, 2.45) is 0 Å². The highest BCUT2D eigenvalue weighted by Gasteiger charge is 2.11. The molecule has 102 valence electrons. The van der Waals surface area contributed by atoms with Crippen LogP contribution in [0, 0.1) is 0 Å². The van der Waals surface area contributed by atoms with Gasteiger partial charge in [0.25, 0.3) is 0 Å². The number of rotatable bonds is 6. The second-order valence-electron chi connectivity index (χ2n) is 5.10. The van der Waals surface area contributed by atoms with Crippen molar-refractivity contribution in [3.8, 4) is 0 Å². The lowest BCUT2D eigenvalue weighted by atomic mass is 10.2. The molecule has 0 aliphatic carbocycles. The Morgan fingerprint density at radius 3 is 2.67 bits per heavy atom. The Labute approximate surface area is 115 Å². The third kappa shape index (κ3) is 4.67. The zero-order valence-corrected chi connectivity index (χ0v) is 12.3. The maximum absolute atomic E-state index is 4.38. The van der Waals surface area contributed by atoms with Gasteiger partial charge in [0.1, 0.15) is 0 Å². The normalized spacial score (nSPS) is 18.1. The highest BCUT2D eigenvalue weighted by Crippen LogP contribution is 2.10. The van der Waals surface area contributed by atoms with Gasteiger partial charge in [-0.1, -0.05) is 19.8 Å². The van der Waals surface area contributed by atoms with Crippen LogP contribution >= 0.6 is 11.3 Å². The topological polar surface area (TPSA) is 19.4 Å². The average molecular weight is 267 g/mol. The molecule has 1 aliphatic rings. The van der Waals surface area contributed by atoms with Crippen molar-refractivity contribution >= 4 is 11.3 Å². The quantitative estimate of drug-likeness (QED) is 0.790. The lowest BCUT2D eigenvalue weighted by Crippen LogP contribution is -2.35. The summed E-state index contributed by atoms with van der Waals surface area (Å²) in [4.78, 5) is 9.51. The molecule has 0 aromatic carbocycles. The fourth-order valence-electron chi connectivity index (χ4n) is 2.54. The Morgan fingerprint density at radius 2 is 2.06 bits per heavy atom. The molecular weight excluding hydrogens is 242 g/mol. The van der Waals surface area contributed by atoms with Gasteiger partial charge in [-0.05, 0) is 32.5 Å². The molecule has 2 heterocycles. The fourth-order valence-corrected chi connectivity index (χ4v) is 3.09. The summed E-state index contributed by atoms with van der Waals surface area (Å²) in [6.07, 6.45) is 5.62. The number of hydrogen-bond acceptors (Lipinski definition) is 4. The zero-order valence-electron chi connectivity index (χ0n) is 11.5. The van der Waals surface area contributed by atoms with Crippen molar-refractivity contribution in [1.82, 2.24) is 14.8 Å². The first-order valence-corrected chi connectivity index (χ1v) is 8.14. The van der Waals surface area contributed by atoms with E-state index in [2.05, 4.69) is 27.1 Å². The summed E-state index contributed by atoms with van der Waals surface area (Å²) in [7, 11) is 0. The third-order valence-corrected chi connectivity index (χ3v) is 4.38. The molecule has 1 aliphatic heterocycles. The number of likely N-dealkylation sites (N-methyl/N-ethyl adjacent to an activating group) is 1. The van der Waals surface area contributed by atoms with E-state index in [1.165, 1.54) is 57.6 Å². The standard InChI is InChI=1S/C14H25N3S/c1-2-16(11-14-12-18-13-15-14)9-10-17-7-5-3-4-6-8-17/h12-13H,2-11H2,1H3. The Hall–Kier alpha value is -0.450. The van der Waals surface area contributed by atoms with Crippen LogP contribution in [0.4, 0.5) is 0 Å². The van der Waals surface area contributed by atoms with Crippen molar-refractivity contribution < 1.29 is 0 Å².